The van der Waals surface area contributed by atoms with Crippen LogP contribution in [0.5, 0.6) is 0 Å². The first-order chi connectivity index (χ1) is 14.9. The van der Waals surface area contributed by atoms with E-state index >= 15 is 0 Å². The van der Waals surface area contributed by atoms with Gasteiger partial charge >= 0.3 is 11.9 Å². The van der Waals surface area contributed by atoms with E-state index in [2.05, 4.69) is 16.0 Å². The molecule has 0 aliphatic carbocycles. The Bertz CT molecular complexity index is 658. The summed E-state index contributed by atoms with van der Waals surface area (Å²) in [4.78, 5) is 59.5. The van der Waals surface area contributed by atoms with Crippen molar-refractivity contribution in [2.45, 2.75) is 70.1 Å². The van der Waals surface area contributed by atoms with Gasteiger partial charge in [-0.25, -0.2) is 4.79 Å². The van der Waals surface area contributed by atoms with Crippen molar-refractivity contribution < 1.29 is 39.3 Å². The standard InChI is InChI=1S/C19H35N5O8/c1-10(2)15(19(31)32)24-17(29)12(6-7-14(26)27)22-18(30)13(9-25)23-16(28)11(21)5-3-4-8-20/h10-13,15,25H,3-9,20-21H2,1-2H3,(H,22,30)(H,23,28)(H,24,29)(H,26,27)(H,31,32). The molecular weight excluding hydrogens is 426 g/mol. The number of nitrogens with two attached hydrogens (primary N) is 2. The molecule has 0 aromatic carbocycles. The van der Waals surface area contributed by atoms with Crippen molar-refractivity contribution >= 4 is 29.7 Å². The second-order valence-corrected chi connectivity index (χ2v) is 7.70. The Hall–Kier alpha value is -2.77. The number of carboxylic acids is 2. The van der Waals surface area contributed by atoms with Crippen LogP contribution in [0.25, 0.3) is 0 Å². The van der Waals surface area contributed by atoms with E-state index in [1.165, 1.54) is 0 Å². The van der Waals surface area contributed by atoms with Crippen LogP contribution in [0.4, 0.5) is 0 Å². The van der Waals surface area contributed by atoms with Crippen LogP contribution in [-0.2, 0) is 24.0 Å². The number of hydrogen-bond donors (Lipinski definition) is 8. The third-order valence-corrected chi connectivity index (χ3v) is 4.63. The average molecular weight is 462 g/mol. The third-order valence-electron chi connectivity index (χ3n) is 4.63. The molecule has 0 aromatic heterocycles. The molecule has 0 radical (unpaired) electrons. The number of unbranched alkanes of at least 4 members (excludes halogenated alkanes) is 1. The maximum absolute atomic E-state index is 12.5. The van der Waals surface area contributed by atoms with E-state index in [1.807, 2.05) is 0 Å². The van der Waals surface area contributed by atoms with Gasteiger partial charge in [-0.3, -0.25) is 19.2 Å². The maximum atomic E-state index is 12.5. The molecule has 13 nitrogen and oxygen atoms in total. The lowest BCUT2D eigenvalue weighted by atomic mass is 10.0. The molecule has 0 aliphatic heterocycles. The SMILES string of the molecule is CC(C)C(NC(=O)C(CCC(=O)O)NC(=O)C(CO)NC(=O)C(N)CCCCN)C(=O)O. The number of aliphatic hydroxyl groups excluding tert-OH is 1. The molecule has 0 saturated carbocycles. The van der Waals surface area contributed by atoms with Crippen LogP contribution < -0.4 is 27.4 Å². The lowest BCUT2D eigenvalue weighted by molar-refractivity contribution is -0.144. The fourth-order valence-corrected chi connectivity index (χ4v) is 2.69. The Labute approximate surface area is 186 Å². The van der Waals surface area contributed by atoms with Gasteiger partial charge in [0.25, 0.3) is 0 Å². The predicted octanol–water partition coefficient (Wildman–Crippen LogP) is -2.51. The molecule has 0 aliphatic rings. The van der Waals surface area contributed by atoms with Gasteiger partial charge in [0.2, 0.25) is 17.7 Å². The van der Waals surface area contributed by atoms with E-state index in [9.17, 15) is 34.2 Å². The molecule has 0 bridgehead atoms. The molecule has 0 fully saturated rings. The van der Waals surface area contributed by atoms with Crippen molar-refractivity contribution in [1.82, 2.24) is 16.0 Å². The van der Waals surface area contributed by atoms with Crippen molar-refractivity contribution in [3.05, 3.63) is 0 Å². The number of carbonyl (C=O) groups excluding carboxylic acids is 3. The minimum atomic E-state index is -1.44. The van der Waals surface area contributed by atoms with Crippen LogP contribution in [0.1, 0.15) is 46.0 Å². The summed E-state index contributed by atoms with van der Waals surface area (Å²) in [5.41, 5.74) is 11.1. The van der Waals surface area contributed by atoms with Crippen molar-refractivity contribution in [3.8, 4) is 0 Å². The predicted molar refractivity (Wildman–Crippen MR) is 113 cm³/mol. The number of rotatable bonds is 16. The Morgan fingerprint density at radius 3 is 1.88 bits per heavy atom. The van der Waals surface area contributed by atoms with Crippen molar-refractivity contribution in [3.63, 3.8) is 0 Å². The quantitative estimate of drug-likeness (QED) is 0.112. The Morgan fingerprint density at radius 1 is 0.844 bits per heavy atom. The van der Waals surface area contributed by atoms with Crippen molar-refractivity contribution in [2.24, 2.45) is 17.4 Å². The zero-order chi connectivity index (χ0) is 24.8. The lowest BCUT2D eigenvalue weighted by Gasteiger charge is -2.25. The Balaban J connectivity index is 5.23. The monoisotopic (exact) mass is 461 g/mol. The minimum Gasteiger partial charge on any atom is -0.481 e. The molecule has 3 amide bonds. The van der Waals surface area contributed by atoms with Gasteiger partial charge in [-0.15, -0.1) is 0 Å². The smallest absolute Gasteiger partial charge is 0.326 e. The highest BCUT2D eigenvalue weighted by Gasteiger charge is 2.31. The zero-order valence-electron chi connectivity index (χ0n) is 18.4. The molecule has 4 unspecified atom stereocenters. The molecule has 32 heavy (non-hydrogen) atoms. The number of aliphatic hydroxyl groups is 1. The molecule has 184 valence electrons. The lowest BCUT2D eigenvalue weighted by Crippen LogP contribution is -2.58. The van der Waals surface area contributed by atoms with Gasteiger partial charge in [0.05, 0.1) is 12.6 Å². The van der Waals surface area contributed by atoms with Gasteiger partial charge in [-0.05, 0) is 31.7 Å². The first-order valence-electron chi connectivity index (χ1n) is 10.4. The van der Waals surface area contributed by atoms with Gasteiger partial charge in [0.1, 0.15) is 18.1 Å². The maximum Gasteiger partial charge on any atom is 0.326 e. The number of amides is 3. The molecule has 0 rings (SSSR count). The molecule has 4 atom stereocenters. The summed E-state index contributed by atoms with van der Waals surface area (Å²) < 4.78 is 0. The summed E-state index contributed by atoms with van der Waals surface area (Å²) >= 11 is 0. The summed E-state index contributed by atoms with van der Waals surface area (Å²) in [6.45, 7) is 2.77. The normalized spacial score (nSPS) is 14.7. The summed E-state index contributed by atoms with van der Waals surface area (Å²) in [5.74, 6) is -5.53. The first-order valence-corrected chi connectivity index (χ1v) is 10.4. The molecule has 0 heterocycles. The van der Waals surface area contributed by atoms with Crippen LogP contribution >= 0.6 is 0 Å². The van der Waals surface area contributed by atoms with Crippen LogP contribution in [-0.4, -0.2) is 82.3 Å². The summed E-state index contributed by atoms with van der Waals surface area (Å²) in [6, 6.07) is -5.03. The molecule has 10 N–H and O–H groups in total. The summed E-state index contributed by atoms with van der Waals surface area (Å²) in [5, 5.41) is 34.4. The van der Waals surface area contributed by atoms with E-state index in [1.54, 1.807) is 13.8 Å². The highest BCUT2D eigenvalue weighted by atomic mass is 16.4. The van der Waals surface area contributed by atoms with E-state index in [0.29, 0.717) is 25.8 Å². The highest BCUT2D eigenvalue weighted by Crippen LogP contribution is 2.06. The number of aliphatic carboxylic acids is 2. The Morgan fingerprint density at radius 2 is 1.41 bits per heavy atom. The van der Waals surface area contributed by atoms with Crippen molar-refractivity contribution in [1.29, 1.82) is 0 Å². The molecular formula is C19H35N5O8. The summed E-state index contributed by atoms with van der Waals surface area (Å²) in [6.07, 6.45) is 0.762. The van der Waals surface area contributed by atoms with Crippen molar-refractivity contribution in [2.75, 3.05) is 13.2 Å². The van der Waals surface area contributed by atoms with Gasteiger partial charge in [-0.1, -0.05) is 20.3 Å². The van der Waals surface area contributed by atoms with E-state index in [0.717, 1.165) is 0 Å². The fraction of sp³-hybridized carbons (Fsp3) is 0.737. The molecule has 13 heteroatoms. The molecule has 0 spiro atoms. The number of nitrogens with one attached hydrogen (secondary N) is 3. The minimum absolute atomic E-state index is 0.318. The second-order valence-electron chi connectivity index (χ2n) is 7.70. The van der Waals surface area contributed by atoms with Crippen LogP contribution in [0.15, 0.2) is 0 Å². The Kier molecular flexibility index (Phi) is 13.8. The highest BCUT2D eigenvalue weighted by molar-refractivity contribution is 5.94. The van der Waals surface area contributed by atoms with E-state index in [4.69, 9.17) is 16.6 Å². The first kappa shape index (κ1) is 29.2. The number of hydrogen-bond acceptors (Lipinski definition) is 8. The second kappa shape index (κ2) is 15.1. The van der Waals surface area contributed by atoms with Crippen LogP contribution in [0, 0.1) is 5.92 Å². The number of carboxylic acid groups (broad SMARTS) is 2. The largest absolute Gasteiger partial charge is 0.481 e. The average Bonchev–Trinajstić information content (AvgIpc) is 2.71. The van der Waals surface area contributed by atoms with Gasteiger partial charge in [-0.2, -0.15) is 0 Å². The fourth-order valence-electron chi connectivity index (χ4n) is 2.69. The molecule has 0 saturated heterocycles. The van der Waals surface area contributed by atoms with E-state index < -0.39 is 72.8 Å². The molecule has 0 aromatic rings. The van der Waals surface area contributed by atoms with Gasteiger partial charge in [0, 0.05) is 6.42 Å². The van der Waals surface area contributed by atoms with E-state index in [-0.39, 0.29) is 6.42 Å². The van der Waals surface area contributed by atoms with Crippen LogP contribution in [0.2, 0.25) is 0 Å². The van der Waals surface area contributed by atoms with Gasteiger partial charge in [0.15, 0.2) is 0 Å². The number of carbonyl (C=O) groups is 5. The summed E-state index contributed by atoms with van der Waals surface area (Å²) in [7, 11) is 0. The third kappa shape index (κ3) is 11.0. The topological polar surface area (TPSA) is 234 Å². The van der Waals surface area contributed by atoms with Crippen LogP contribution in [0.3, 0.4) is 0 Å². The zero-order valence-corrected chi connectivity index (χ0v) is 18.4. The van der Waals surface area contributed by atoms with Gasteiger partial charge < -0.3 is 42.7 Å².